The lowest BCUT2D eigenvalue weighted by Gasteiger charge is -2.41. The number of rotatable bonds is 3. The number of carbonyl (C=O) groups excluding carboxylic acids is 1. The Balaban J connectivity index is 1.30. The molecule has 2 aromatic rings. The first-order valence-electron chi connectivity index (χ1n) is 9.43. The second kappa shape index (κ2) is 6.36. The van der Waals surface area contributed by atoms with E-state index in [1.54, 1.807) is 0 Å². The number of fused-ring (bicyclic) bond motifs is 3. The average Bonchev–Trinajstić information content (AvgIpc) is 3.11. The smallest absolute Gasteiger partial charge is 0.228 e. The lowest BCUT2D eigenvalue weighted by molar-refractivity contribution is -0.139. The van der Waals surface area contributed by atoms with Crippen molar-refractivity contribution >= 4 is 5.91 Å². The molecular weight excluding hydrogens is 326 g/mol. The van der Waals surface area contributed by atoms with Gasteiger partial charge in [0.1, 0.15) is 5.82 Å². The van der Waals surface area contributed by atoms with E-state index in [0.29, 0.717) is 12.5 Å². The number of piperidine rings is 1. The second-order valence-electron chi connectivity index (χ2n) is 7.53. The summed E-state index contributed by atoms with van der Waals surface area (Å²) in [6, 6.07) is 10.5. The number of nitrogens with zero attached hydrogens (tertiary/aromatic N) is 4. The van der Waals surface area contributed by atoms with Crippen LogP contribution < -0.4 is 5.32 Å². The van der Waals surface area contributed by atoms with Gasteiger partial charge in [0.25, 0.3) is 0 Å². The molecule has 0 radical (unpaired) electrons. The molecular formula is C20H23N5O. The van der Waals surface area contributed by atoms with Crippen molar-refractivity contribution in [3.05, 3.63) is 59.7 Å². The molecule has 1 aliphatic carbocycles. The van der Waals surface area contributed by atoms with Crippen molar-refractivity contribution in [1.29, 1.82) is 0 Å². The summed E-state index contributed by atoms with van der Waals surface area (Å²) >= 11 is 0. The highest BCUT2D eigenvalue weighted by molar-refractivity contribution is 5.80. The largest absolute Gasteiger partial charge is 0.333 e. The van der Waals surface area contributed by atoms with Gasteiger partial charge in [0, 0.05) is 32.1 Å². The molecule has 0 spiro atoms. The summed E-state index contributed by atoms with van der Waals surface area (Å²) in [7, 11) is 0. The summed E-state index contributed by atoms with van der Waals surface area (Å²) in [6.45, 7) is 3.09. The highest BCUT2D eigenvalue weighted by Crippen LogP contribution is 2.30. The van der Waals surface area contributed by atoms with Crippen LogP contribution in [0, 0.1) is 11.8 Å². The molecule has 6 nitrogen and oxygen atoms in total. The van der Waals surface area contributed by atoms with E-state index >= 15 is 0 Å². The molecule has 1 amide bonds. The summed E-state index contributed by atoms with van der Waals surface area (Å²) in [6.07, 6.45) is 6.18. The summed E-state index contributed by atoms with van der Waals surface area (Å²) in [5.41, 5.74) is 1.23. The molecule has 3 atom stereocenters. The van der Waals surface area contributed by atoms with E-state index in [4.69, 9.17) is 0 Å². The molecule has 3 aliphatic heterocycles. The van der Waals surface area contributed by atoms with Crippen LogP contribution >= 0.6 is 0 Å². The van der Waals surface area contributed by atoms with Gasteiger partial charge in [-0.2, -0.15) is 0 Å². The fourth-order valence-corrected chi connectivity index (χ4v) is 4.42. The minimum Gasteiger partial charge on any atom is -0.333 e. The first kappa shape index (κ1) is 15.8. The highest BCUT2D eigenvalue weighted by atomic mass is 16.2. The number of benzene rings is 1. The van der Waals surface area contributed by atoms with Crippen molar-refractivity contribution in [1.82, 2.24) is 25.0 Å². The number of aromatic nitrogens is 3. The number of carbonyl (C=O) groups is 1. The Labute approximate surface area is 152 Å². The van der Waals surface area contributed by atoms with Crippen molar-refractivity contribution in [2.45, 2.75) is 32.0 Å². The second-order valence-corrected chi connectivity index (χ2v) is 7.53. The molecule has 134 valence electrons. The molecule has 1 N–H and O–H groups in total. The summed E-state index contributed by atoms with van der Waals surface area (Å²) < 4.78 is 2.18. The third kappa shape index (κ3) is 2.74. The standard InChI is InChI=1S/C20H23N5O/c26-20(16-10-15-6-7-17(16)21-12-15)24-8-9-25-18(22-23-19(25)13-24)11-14-4-2-1-3-5-14/h1-7,15-17,21H,8-13H2. The topological polar surface area (TPSA) is 63.1 Å². The Kier molecular flexibility index (Phi) is 3.85. The Morgan fingerprint density at radius 3 is 2.77 bits per heavy atom. The molecule has 6 rings (SSSR count). The van der Waals surface area contributed by atoms with Crippen LogP contribution in [0.4, 0.5) is 0 Å². The molecule has 2 bridgehead atoms. The number of nitrogens with one attached hydrogen (secondary N) is 1. The maximum atomic E-state index is 13.0. The first-order valence-corrected chi connectivity index (χ1v) is 9.43. The van der Waals surface area contributed by atoms with Crippen LogP contribution in [0.5, 0.6) is 0 Å². The van der Waals surface area contributed by atoms with E-state index in [-0.39, 0.29) is 17.9 Å². The van der Waals surface area contributed by atoms with Crippen LogP contribution in [0.2, 0.25) is 0 Å². The van der Waals surface area contributed by atoms with Gasteiger partial charge in [-0.25, -0.2) is 0 Å². The molecule has 4 aliphatic rings. The third-order valence-corrected chi connectivity index (χ3v) is 5.86. The van der Waals surface area contributed by atoms with Gasteiger partial charge in [-0.05, 0) is 17.9 Å². The molecule has 26 heavy (non-hydrogen) atoms. The molecule has 1 aromatic heterocycles. The predicted octanol–water partition coefficient (Wildman–Crippen LogP) is 1.38. The molecule has 1 aromatic carbocycles. The normalized spacial score (nSPS) is 26.8. The van der Waals surface area contributed by atoms with E-state index in [2.05, 4.69) is 44.4 Å². The van der Waals surface area contributed by atoms with Crippen molar-refractivity contribution in [3.8, 4) is 0 Å². The van der Waals surface area contributed by atoms with Crippen LogP contribution in [0.15, 0.2) is 42.5 Å². The number of amides is 1. The van der Waals surface area contributed by atoms with Crippen LogP contribution in [0.1, 0.15) is 23.6 Å². The predicted molar refractivity (Wildman–Crippen MR) is 97.2 cm³/mol. The van der Waals surface area contributed by atoms with Crippen LogP contribution in [-0.2, 0) is 24.3 Å². The third-order valence-electron chi connectivity index (χ3n) is 5.86. The monoisotopic (exact) mass is 349 g/mol. The highest BCUT2D eigenvalue weighted by Gasteiger charge is 2.39. The quantitative estimate of drug-likeness (QED) is 0.851. The first-order chi connectivity index (χ1) is 12.8. The van der Waals surface area contributed by atoms with Crippen LogP contribution in [0.25, 0.3) is 0 Å². The van der Waals surface area contributed by atoms with E-state index in [9.17, 15) is 4.79 Å². The van der Waals surface area contributed by atoms with Gasteiger partial charge < -0.3 is 14.8 Å². The zero-order valence-electron chi connectivity index (χ0n) is 14.7. The zero-order chi connectivity index (χ0) is 17.5. The van der Waals surface area contributed by atoms with E-state index < -0.39 is 0 Å². The van der Waals surface area contributed by atoms with Crippen molar-refractivity contribution in [2.24, 2.45) is 11.8 Å². The summed E-state index contributed by atoms with van der Waals surface area (Å²) in [5.74, 6) is 2.71. The molecule has 1 fully saturated rings. The lowest BCUT2D eigenvalue weighted by atomic mass is 9.78. The summed E-state index contributed by atoms with van der Waals surface area (Å²) in [5, 5.41) is 12.2. The lowest BCUT2D eigenvalue weighted by Crippen LogP contribution is -2.54. The molecule has 4 heterocycles. The van der Waals surface area contributed by atoms with Gasteiger partial charge >= 0.3 is 0 Å². The Bertz CT molecular complexity index is 843. The minimum atomic E-state index is 0.0667. The molecule has 0 saturated carbocycles. The molecule has 6 heteroatoms. The van der Waals surface area contributed by atoms with E-state index in [1.807, 2.05) is 23.1 Å². The maximum Gasteiger partial charge on any atom is 0.228 e. The fraction of sp³-hybridized carbons (Fsp3) is 0.450. The van der Waals surface area contributed by atoms with Crippen LogP contribution in [-0.4, -0.2) is 44.7 Å². The molecule has 1 saturated heterocycles. The van der Waals surface area contributed by atoms with Gasteiger partial charge in [0.2, 0.25) is 5.91 Å². The molecule has 3 unspecified atom stereocenters. The minimum absolute atomic E-state index is 0.0667. The Morgan fingerprint density at radius 1 is 1.15 bits per heavy atom. The zero-order valence-corrected chi connectivity index (χ0v) is 14.7. The average molecular weight is 349 g/mol. The van der Waals surface area contributed by atoms with Gasteiger partial charge in [-0.3, -0.25) is 4.79 Å². The van der Waals surface area contributed by atoms with Crippen molar-refractivity contribution in [3.63, 3.8) is 0 Å². The van der Waals surface area contributed by atoms with E-state index in [1.165, 1.54) is 5.56 Å². The SMILES string of the molecule is O=C(C1CC2C=CC1NC2)N1CCn2c(Cc3ccccc3)nnc2C1. The Hall–Kier alpha value is -2.47. The Morgan fingerprint density at radius 2 is 2.04 bits per heavy atom. The van der Waals surface area contributed by atoms with Crippen molar-refractivity contribution in [2.75, 3.05) is 13.1 Å². The summed E-state index contributed by atoms with van der Waals surface area (Å²) in [4.78, 5) is 15.0. The van der Waals surface area contributed by atoms with Crippen LogP contribution in [0.3, 0.4) is 0 Å². The number of hydrogen-bond donors (Lipinski definition) is 1. The van der Waals surface area contributed by atoms with Gasteiger partial charge in [-0.1, -0.05) is 42.5 Å². The maximum absolute atomic E-state index is 13.0. The van der Waals surface area contributed by atoms with E-state index in [0.717, 1.165) is 44.1 Å². The van der Waals surface area contributed by atoms with Gasteiger partial charge in [-0.15, -0.1) is 10.2 Å². The fourth-order valence-electron chi connectivity index (χ4n) is 4.42. The van der Waals surface area contributed by atoms with Gasteiger partial charge in [0.05, 0.1) is 12.5 Å². The van der Waals surface area contributed by atoms with Gasteiger partial charge in [0.15, 0.2) is 5.82 Å². The number of hydrogen-bond acceptors (Lipinski definition) is 4. The van der Waals surface area contributed by atoms with Crippen molar-refractivity contribution < 1.29 is 4.79 Å².